The molecule has 0 saturated heterocycles. The largest absolute Gasteiger partial charge is 0.289 e. The van der Waals surface area contributed by atoms with Crippen molar-refractivity contribution in [3.63, 3.8) is 0 Å². The minimum absolute atomic E-state index is 0.134. The van der Waals surface area contributed by atoms with E-state index < -0.39 is 0 Å². The van der Waals surface area contributed by atoms with E-state index in [2.05, 4.69) is 15.5 Å². The zero-order valence-corrected chi connectivity index (χ0v) is 11.6. The number of carbonyl (C=O) groups is 2. The Morgan fingerprint density at radius 3 is 2.14 bits per heavy atom. The summed E-state index contributed by atoms with van der Waals surface area (Å²) in [6, 6.07) is 11.9. The number of benzene rings is 2. The first-order chi connectivity index (χ1) is 10.7. The van der Waals surface area contributed by atoms with Gasteiger partial charge in [0.05, 0.1) is 5.69 Å². The zero-order chi connectivity index (χ0) is 15.3. The first kappa shape index (κ1) is 12.6. The third-order valence-electron chi connectivity index (χ3n) is 3.78. The van der Waals surface area contributed by atoms with Gasteiger partial charge in [0, 0.05) is 22.3 Å². The fraction of sp³-hybridized carbons (Fsp3) is 0.0625. The molecule has 1 aliphatic rings. The predicted molar refractivity (Wildman–Crippen MR) is 77.2 cm³/mol. The standard InChI is InChI=1S/C16H10N4O2/c1-9-17-18-19-20(9)10-6-7-13-14(8-10)16(22)12-5-3-2-4-11(12)15(13)21/h2-8H,1H3. The smallest absolute Gasteiger partial charge is 0.194 e. The highest BCUT2D eigenvalue weighted by molar-refractivity contribution is 6.28. The number of nitrogens with zero attached hydrogens (tertiary/aromatic N) is 4. The first-order valence-corrected chi connectivity index (χ1v) is 6.74. The van der Waals surface area contributed by atoms with Crippen LogP contribution >= 0.6 is 0 Å². The number of fused-ring (bicyclic) bond motifs is 2. The minimum atomic E-state index is -0.155. The molecule has 4 rings (SSSR count). The zero-order valence-electron chi connectivity index (χ0n) is 11.6. The Hall–Kier alpha value is -3.15. The summed E-state index contributed by atoms with van der Waals surface area (Å²) in [6.45, 7) is 1.77. The van der Waals surface area contributed by atoms with Crippen molar-refractivity contribution in [2.45, 2.75) is 6.92 Å². The number of rotatable bonds is 1. The van der Waals surface area contributed by atoms with Gasteiger partial charge in [-0.05, 0) is 35.5 Å². The molecule has 0 radical (unpaired) electrons. The van der Waals surface area contributed by atoms with Crippen LogP contribution in [0.1, 0.15) is 37.7 Å². The second-order valence-corrected chi connectivity index (χ2v) is 5.07. The lowest BCUT2D eigenvalue weighted by Crippen LogP contribution is -2.21. The maximum atomic E-state index is 12.6. The van der Waals surface area contributed by atoms with Gasteiger partial charge in [0.1, 0.15) is 0 Å². The Morgan fingerprint density at radius 2 is 1.50 bits per heavy atom. The summed E-state index contributed by atoms with van der Waals surface area (Å²) in [6.07, 6.45) is 0. The fourth-order valence-electron chi connectivity index (χ4n) is 2.69. The van der Waals surface area contributed by atoms with Crippen LogP contribution in [-0.2, 0) is 0 Å². The molecular weight excluding hydrogens is 280 g/mol. The van der Waals surface area contributed by atoms with E-state index in [0.717, 1.165) is 0 Å². The van der Waals surface area contributed by atoms with E-state index in [-0.39, 0.29) is 11.6 Å². The number of tetrazole rings is 1. The van der Waals surface area contributed by atoms with Gasteiger partial charge in [0.2, 0.25) is 0 Å². The van der Waals surface area contributed by atoms with Crippen molar-refractivity contribution in [1.29, 1.82) is 0 Å². The van der Waals surface area contributed by atoms with Crippen LogP contribution in [0.3, 0.4) is 0 Å². The molecule has 0 N–H and O–H groups in total. The molecule has 0 bridgehead atoms. The van der Waals surface area contributed by atoms with E-state index in [1.54, 1.807) is 49.4 Å². The molecule has 0 fully saturated rings. The van der Waals surface area contributed by atoms with E-state index in [0.29, 0.717) is 33.8 Å². The quantitative estimate of drug-likeness (QED) is 0.533. The van der Waals surface area contributed by atoms with E-state index in [4.69, 9.17) is 0 Å². The third kappa shape index (κ3) is 1.64. The van der Waals surface area contributed by atoms with Gasteiger partial charge in [-0.3, -0.25) is 9.59 Å². The van der Waals surface area contributed by atoms with Crippen LogP contribution < -0.4 is 0 Å². The van der Waals surface area contributed by atoms with Crippen LogP contribution in [0.2, 0.25) is 0 Å². The molecule has 1 heterocycles. The summed E-state index contributed by atoms with van der Waals surface area (Å²) in [5.74, 6) is 0.317. The summed E-state index contributed by atoms with van der Waals surface area (Å²) in [7, 11) is 0. The molecule has 0 saturated carbocycles. The van der Waals surface area contributed by atoms with E-state index >= 15 is 0 Å². The van der Waals surface area contributed by atoms with Gasteiger partial charge in [0.25, 0.3) is 0 Å². The number of hydrogen-bond acceptors (Lipinski definition) is 5. The molecule has 0 aliphatic heterocycles. The number of carbonyl (C=O) groups excluding carboxylic acids is 2. The molecule has 106 valence electrons. The normalized spacial score (nSPS) is 13.0. The lowest BCUT2D eigenvalue weighted by molar-refractivity contribution is 0.0979. The highest BCUT2D eigenvalue weighted by atomic mass is 16.1. The molecule has 0 spiro atoms. The summed E-state index contributed by atoms with van der Waals surface area (Å²) in [5, 5.41) is 11.3. The number of aromatic nitrogens is 4. The van der Waals surface area contributed by atoms with E-state index in [1.807, 2.05) is 0 Å². The monoisotopic (exact) mass is 290 g/mol. The lowest BCUT2D eigenvalue weighted by atomic mass is 9.84. The van der Waals surface area contributed by atoms with Crippen molar-refractivity contribution >= 4 is 11.6 Å². The van der Waals surface area contributed by atoms with Crippen LogP contribution in [0.4, 0.5) is 0 Å². The van der Waals surface area contributed by atoms with Crippen molar-refractivity contribution in [2.24, 2.45) is 0 Å². The number of hydrogen-bond donors (Lipinski definition) is 0. The summed E-state index contributed by atoms with van der Waals surface area (Å²) < 4.78 is 1.53. The first-order valence-electron chi connectivity index (χ1n) is 6.74. The molecule has 6 heteroatoms. The minimum Gasteiger partial charge on any atom is -0.289 e. The van der Waals surface area contributed by atoms with Crippen molar-refractivity contribution in [3.05, 3.63) is 70.5 Å². The predicted octanol–water partition coefficient (Wildman–Crippen LogP) is 1.75. The van der Waals surface area contributed by atoms with Crippen LogP contribution in [0.5, 0.6) is 0 Å². The molecule has 1 aromatic heterocycles. The highest BCUT2D eigenvalue weighted by Gasteiger charge is 2.29. The molecular formula is C16H10N4O2. The van der Waals surface area contributed by atoms with Gasteiger partial charge in [0.15, 0.2) is 17.4 Å². The van der Waals surface area contributed by atoms with Crippen LogP contribution in [0.25, 0.3) is 5.69 Å². The van der Waals surface area contributed by atoms with Crippen molar-refractivity contribution in [2.75, 3.05) is 0 Å². The highest BCUT2D eigenvalue weighted by Crippen LogP contribution is 2.28. The molecule has 3 aromatic rings. The van der Waals surface area contributed by atoms with Gasteiger partial charge in [-0.15, -0.1) is 5.10 Å². The third-order valence-corrected chi connectivity index (χ3v) is 3.78. The van der Waals surface area contributed by atoms with Crippen LogP contribution in [0.15, 0.2) is 42.5 Å². The van der Waals surface area contributed by atoms with Gasteiger partial charge >= 0.3 is 0 Å². The maximum absolute atomic E-state index is 12.6. The average Bonchev–Trinajstić information content (AvgIpc) is 2.98. The Balaban J connectivity index is 1.93. The van der Waals surface area contributed by atoms with Gasteiger partial charge in [-0.1, -0.05) is 24.3 Å². The van der Waals surface area contributed by atoms with Crippen molar-refractivity contribution in [3.8, 4) is 5.69 Å². The Morgan fingerprint density at radius 1 is 0.864 bits per heavy atom. The second-order valence-electron chi connectivity index (χ2n) is 5.07. The average molecular weight is 290 g/mol. The summed E-state index contributed by atoms with van der Waals surface area (Å²) in [4.78, 5) is 25.2. The molecule has 0 amide bonds. The van der Waals surface area contributed by atoms with Crippen LogP contribution in [-0.4, -0.2) is 31.8 Å². The topological polar surface area (TPSA) is 77.7 Å². The van der Waals surface area contributed by atoms with Crippen LogP contribution in [0, 0.1) is 6.92 Å². The molecule has 6 nitrogen and oxygen atoms in total. The number of ketones is 2. The molecule has 0 atom stereocenters. The van der Waals surface area contributed by atoms with Gasteiger partial charge < -0.3 is 0 Å². The van der Waals surface area contributed by atoms with E-state index in [9.17, 15) is 9.59 Å². The maximum Gasteiger partial charge on any atom is 0.194 e. The summed E-state index contributed by atoms with van der Waals surface area (Å²) in [5.41, 5.74) is 2.34. The molecule has 22 heavy (non-hydrogen) atoms. The SMILES string of the molecule is Cc1nnnn1-c1ccc2c(c1)C(=O)c1ccccc1C2=O. The Kier molecular flexibility index (Phi) is 2.53. The Bertz CT molecular complexity index is 943. The summed E-state index contributed by atoms with van der Waals surface area (Å²) >= 11 is 0. The van der Waals surface area contributed by atoms with Crippen molar-refractivity contribution < 1.29 is 9.59 Å². The second kappa shape index (κ2) is 4.42. The molecule has 0 unspecified atom stereocenters. The van der Waals surface area contributed by atoms with Gasteiger partial charge in [-0.2, -0.15) is 4.68 Å². The fourth-order valence-corrected chi connectivity index (χ4v) is 2.69. The number of aryl methyl sites for hydroxylation is 1. The lowest BCUT2D eigenvalue weighted by Gasteiger charge is -2.17. The Labute approximate surface area is 125 Å². The van der Waals surface area contributed by atoms with E-state index in [1.165, 1.54) is 4.68 Å². The van der Waals surface area contributed by atoms with Gasteiger partial charge in [-0.25, -0.2) is 0 Å². The van der Waals surface area contributed by atoms with Crippen molar-refractivity contribution in [1.82, 2.24) is 20.2 Å². The molecule has 2 aromatic carbocycles. The molecule has 1 aliphatic carbocycles.